The topological polar surface area (TPSA) is 78.9 Å². The van der Waals surface area contributed by atoms with Gasteiger partial charge in [-0.15, -0.1) is 0 Å². The number of fused-ring (bicyclic) bond motifs is 5. The van der Waals surface area contributed by atoms with Crippen molar-refractivity contribution in [1.29, 1.82) is 0 Å². The number of hydrogen-bond acceptors (Lipinski definition) is 6. The fraction of sp³-hybridized carbons (Fsp3) is 0.708. The zero-order chi connectivity index (χ0) is 21.8. The molecule has 3 fully saturated rings. The largest absolute Gasteiger partial charge is 0.465 e. The molecule has 0 bridgehead atoms. The summed E-state index contributed by atoms with van der Waals surface area (Å²) in [7, 11) is 0. The van der Waals surface area contributed by atoms with Crippen LogP contribution in [0, 0.1) is 28.6 Å². The van der Waals surface area contributed by atoms with Crippen LogP contribution in [0.2, 0.25) is 0 Å². The summed E-state index contributed by atoms with van der Waals surface area (Å²) in [5.74, 6) is -0.744. The van der Waals surface area contributed by atoms with Gasteiger partial charge in [-0.1, -0.05) is 26.5 Å². The summed E-state index contributed by atoms with van der Waals surface area (Å²) in [5, 5.41) is 0. The van der Waals surface area contributed by atoms with Crippen LogP contribution in [0.25, 0.3) is 0 Å². The Bertz CT molecular complexity index is 824. The van der Waals surface area contributed by atoms with Gasteiger partial charge in [0.05, 0.1) is 5.41 Å². The van der Waals surface area contributed by atoms with E-state index in [1.165, 1.54) is 13.8 Å². The molecule has 0 N–H and O–H groups in total. The molecular formula is C24H32O6. The monoisotopic (exact) mass is 416 g/mol. The summed E-state index contributed by atoms with van der Waals surface area (Å²) in [6.07, 6.45) is 5.67. The second-order valence-electron chi connectivity index (χ2n) is 10.1. The molecule has 6 nitrogen and oxygen atoms in total. The second kappa shape index (κ2) is 7.24. The lowest BCUT2D eigenvalue weighted by atomic mass is 9.45. The summed E-state index contributed by atoms with van der Waals surface area (Å²) in [5.41, 5.74) is 1.13. The van der Waals surface area contributed by atoms with Crippen molar-refractivity contribution in [2.75, 3.05) is 6.61 Å². The maximum atomic E-state index is 12.2. The first-order chi connectivity index (χ1) is 14.1. The maximum Gasteiger partial charge on any atom is 0.334 e. The van der Waals surface area contributed by atoms with E-state index in [9.17, 15) is 14.4 Å². The van der Waals surface area contributed by atoms with Gasteiger partial charge in [-0.05, 0) is 54.9 Å². The van der Waals surface area contributed by atoms with Crippen molar-refractivity contribution >= 4 is 17.9 Å². The molecule has 0 radical (unpaired) electrons. The van der Waals surface area contributed by atoms with E-state index in [1.54, 1.807) is 0 Å². The summed E-state index contributed by atoms with van der Waals surface area (Å²) < 4.78 is 17.3. The van der Waals surface area contributed by atoms with Gasteiger partial charge in [-0.2, -0.15) is 0 Å². The van der Waals surface area contributed by atoms with Crippen molar-refractivity contribution < 1.29 is 28.6 Å². The highest BCUT2D eigenvalue weighted by molar-refractivity contribution is 5.91. The van der Waals surface area contributed by atoms with E-state index in [0.29, 0.717) is 5.57 Å². The lowest BCUT2D eigenvalue weighted by molar-refractivity contribution is -0.202. The molecule has 1 aliphatic heterocycles. The van der Waals surface area contributed by atoms with Crippen LogP contribution in [0.5, 0.6) is 0 Å². The fourth-order valence-electron chi connectivity index (χ4n) is 6.83. The quantitative estimate of drug-likeness (QED) is 0.302. The molecule has 0 aromatic carbocycles. The first kappa shape index (κ1) is 21.1. The van der Waals surface area contributed by atoms with E-state index >= 15 is 0 Å². The molecule has 0 unspecified atom stereocenters. The molecule has 6 atom stereocenters. The number of rotatable bonds is 3. The van der Waals surface area contributed by atoms with Crippen LogP contribution in [-0.2, 0) is 28.6 Å². The molecule has 0 amide bonds. The third kappa shape index (κ3) is 3.10. The number of hydrogen-bond donors (Lipinski definition) is 0. The zero-order valence-corrected chi connectivity index (χ0v) is 18.4. The average Bonchev–Trinajstić information content (AvgIpc) is 2.96. The zero-order valence-electron chi connectivity index (χ0n) is 18.4. The Kier molecular flexibility index (Phi) is 5.10. The lowest BCUT2D eigenvalue weighted by Gasteiger charge is -2.61. The van der Waals surface area contributed by atoms with Crippen molar-refractivity contribution in [3.05, 3.63) is 23.8 Å². The summed E-state index contributed by atoms with van der Waals surface area (Å²) in [4.78, 5) is 36.1. The molecule has 4 aliphatic rings. The Morgan fingerprint density at radius 1 is 1.20 bits per heavy atom. The minimum absolute atomic E-state index is 0.00558. The molecule has 0 aromatic heterocycles. The van der Waals surface area contributed by atoms with Crippen LogP contribution in [-0.4, -0.2) is 36.7 Å². The van der Waals surface area contributed by atoms with Crippen LogP contribution < -0.4 is 0 Å². The van der Waals surface area contributed by atoms with Crippen LogP contribution in [0.3, 0.4) is 0 Å². The summed E-state index contributed by atoms with van der Waals surface area (Å²) in [6, 6.07) is 0. The number of esters is 3. The van der Waals surface area contributed by atoms with Crippen LogP contribution >= 0.6 is 0 Å². The Morgan fingerprint density at radius 3 is 2.60 bits per heavy atom. The van der Waals surface area contributed by atoms with Gasteiger partial charge in [-0.25, -0.2) is 4.79 Å². The van der Waals surface area contributed by atoms with Gasteiger partial charge in [-0.3, -0.25) is 9.59 Å². The van der Waals surface area contributed by atoms with Gasteiger partial charge < -0.3 is 14.2 Å². The smallest absolute Gasteiger partial charge is 0.334 e. The standard InChI is InChI=1S/C24H32O6/c1-13-16-6-8-18-17(21(16)30-22(13)27)7-9-19-23(4,5)11-10-20(29-15(3)26)24(18,19)12-28-14(2)25/h7,16,18-21H,1,6,8-12H2,2-5H3/t16-,18+,19+,20-,21+,24-/m0/s1. The van der Waals surface area contributed by atoms with Crippen molar-refractivity contribution in [1.82, 2.24) is 0 Å². The molecule has 0 spiro atoms. The van der Waals surface area contributed by atoms with Gasteiger partial charge in [0.15, 0.2) is 0 Å². The van der Waals surface area contributed by atoms with Crippen molar-refractivity contribution in [2.45, 2.75) is 72.0 Å². The summed E-state index contributed by atoms with van der Waals surface area (Å²) >= 11 is 0. The molecule has 164 valence electrons. The van der Waals surface area contributed by atoms with Crippen molar-refractivity contribution in [3.63, 3.8) is 0 Å². The minimum Gasteiger partial charge on any atom is -0.465 e. The third-order valence-electron chi connectivity index (χ3n) is 8.12. The molecular weight excluding hydrogens is 384 g/mol. The van der Waals surface area contributed by atoms with Gasteiger partial charge in [0.1, 0.15) is 18.8 Å². The average molecular weight is 417 g/mol. The third-order valence-corrected chi connectivity index (χ3v) is 8.12. The van der Waals surface area contributed by atoms with E-state index in [4.69, 9.17) is 14.2 Å². The first-order valence-electron chi connectivity index (χ1n) is 11.0. The Balaban J connectivity index is 1.82. The van der Waals surface area contributed by atoms with E-state index in [1.807, 2.05) is 0 Å². The predicted molar refractivity (Wildman–Crippen MR) is 109 cm³/mol. The highest BCUT2D eigenvalue weighted by Crippen LogP contribution is 2.64. The molecule has 30 heavy (non-hydrogen) atoms. The number of ether oxygens (including phenoxy) is 3. The van der Waals surface area contributed by atoms with E-state index in [0.717, 1.165) is 37.7 Å². The number of allylic oxidation sites excluding steroid dienone is 1. The highest BCUT2D eigenvalue weighted by Gasteiger charge is 2.64. The SMILES string of the molecule is C=C1C(=O)O[C@H]2C3=CC[C@@H]4C(C)(C)CC[C@H](OC(C)=O)[C@@]4(COC(C)=O)[C@@H]3CC[C@@H]12. The molecule has 1 heterocycles. The van der Waals surface area contributed by atoms with Crippen LogP contribution in [0.4, 0.5) is 0 Å². The minimum atomic E-state index is -0.523. The molecule has 2 saturated carbocycles. The Hall–Kier alpha value is -2.11. The van der Waals surface area contributed by atoms with Gasteiger partial charge in [0, 0.05) is 25.3 Å². The number of carbonyl (C=O) groups is 3. The molecule has 0 aromatic rings. The molecule has 3 aliphatic carbocycles. The van der Waals surface area contributed by atoms with E-state index < -0.39 is 5.41 Å². The second-order valence-corrected chi connectivity index (χ2v) is 10.1. The fourth-order valence-corrected chi connectivity index (χ4v) is 6.83. The summed E-state index contributed by atoms with van der Waals surface area (Å²) in [6.45, 7) is 11.5. The van der Waals surface area contributed by atoms with E-state index in [2.05, 4.69) is 26.5 Å². The van der Waals surface area contributed by atoms with Crippen LogP contribution in [0.1, 0.15) is 59.8 Å². The molecule has 4 rings (SSSR count). The number of carbonyl (C=O) groups excluding carboxylic acids is 3. The molecule has 1 saturated heterocycles. The maximum absolute atomic E-state index is 12.2. The van der Waals surface area contributed by atoms with Crippen LogP contribution in [0.15, 0.2) is 23.8 Å². The van der Waals surface area contributed by atoms with Gasteiger partial charge in [0.25, 0.3) is 0 Å². The van der Waals surface area contributed by atoms with Gasteiger partial charge >= 0.3 is 17.9 Å². The van der Waals surface area contributed by atoms with E-state index in [-0.39, 0.29) is 59.9 Å². The molecule has 6 heteroatoms. The predicted octanol–water partition coefficient (Wildman–Crippen LogP) is 3.74. The lowest BCUT2D eigenvalue weighted by Crippen LogP contribution is -2.62. The first-order valence-corrected chi connectivity index (χ1v) is 11.0. The Labute approximate surface area is 178 Å². The highest BCUT2D eigenvalue weighted by atomic mass is 16.6. The Morgan fingerprint density at radius 2 is 1.93 bits per heavy atom. The van der Waals surface area contributed by atoms with Crippen molar-refractivity contribution in [2.24, 2.45) is 28.6 Å². The normalized spacial score (nSPS) is 39.1. The van der Waals surface area contributed by atoms with Crippen molar-refractivity contribution in [3.8, 4) is 0 Å². The van der Waals surface area contributed by atoms with Gasteiger partial charge in [0.2, 0.25) is 0 Å².